The summed E-state index contributed by atoms with van der Waals surface area (Å²) in [5.41, 5.74) is 2.31. The highest BCUT2D eigenvalue weighted by Crippen LogP contribution is 2.28. The zero-order chi connectivity index (χ0) is 13.1. The van der Waals surface area contributed by atoms with E-state index in [1.165, 1.54) is 10.9 Å². The van der Waals surface area contributed by atoms with Gasteiger partial charge in [0.15, 0.2) is 0 Å². The number of hydrogen-bond donors (Lipinski definition) is 1. The molecule has 0 aliphatic heterocycles. The van der Waals surface area contributed by atoms with E-state index < -0.39 is 0 Å². The Balaban J connectivity index is 2.15. The van der Waals surface area contributed by atoms with Crippen molar-refractivity contribution < 1.29 is 4.42 Å². The molecule has 0 saturated carbocycles. The van der Waals surface area contributed by atoms with Gasteiger partial charge in [-0.25, -0.2) is 0 Å². The van der Waals surface area contributed by atoms with Gasteiger partial charge < -0.3 is 9.73 Å². The molecule has 1 atom stereocenters. The smallest absolute Gasteiger partial charge is 0.0953 e. The van der Waals surface area contributed by atoms with Crippen molar-refractivity contribution in [2.45, 2.75) is 13.0 Å². The van der Waals surface area contributed by atoms with E-state index in [0.29, 0.717) is 0 Å². The molecule has 1 aromatic carbocycles. The molecule has 3 heteroatoms. The lowest BCUT2D eigenvalue weighted by atomic mass is 9.97. The van der Waals surface area contributed by atoms with E-state index in [0.717, 1.165) is 17.5 Å². The summed E-state index contributed by atoms with van der Waals surface area (Å²) in [6, 6.07) is 10.4. The van der Waals surface area contributed by atoms with Crippen molar-refractivity contribution >= 4 is 10.8 Å². The SMILES string of the molecule is CCNC(c1ccoc1)c1cncc2ccccc12. The van der Waals surface area contributed by atoms with E-state index in [1.807, 2.05) is 24.5 Å². The van der Waals surface area contributed by atoms with Gasteiger partial charge in [0.1, 0.15) is 0 Å². The summed E-state index contributed by atoms with van der Waals surface area (Å²) in [4.78, 5) is 4.36. The molecule has 0 amide bonds. The Morgan fingerprint density at radius 1 is 1.21 bits per heavy atom. The molecule has 0 radical (unpaired) electrons. The molecule has 0 spiro atoms. The Bertz CT molecular complexity index is 656. The zero-order valence-electron chi connectivity index (χ0n) is 10.8. The second kappa shape index (κ2) is 5.24. The third-order valence-corrected chi connectivity index (χ3v) is 3.29. The lowest BCUT2D eigenvalue weighted by Crippen LogP contribution is -2.21. The van der Waals surface area contributed by atoms with Gasteiger partial charge in [-0.15, -0.1) is 0 Å². The van der Waals surface area contributed by atoms with Crippen molar-refractivity contribution in [3.63, 3.8) is 0 Å². The highest BCUT2D eigenvalue weighted by Gasteiger charge is 2.16. The normalized spacial score (nSPS) is 12.7. The Morgan fingerprint density at radius 2 is 2.11 bits per heavy atom. The summed E-state index contributed by atoms with van der Waals surface area (Å²) in [5, 5.41) is 5.88. The Kier molecular flexibility index (Phi) is 3.29. The number of benzene rings is 1. The van der Waals surface area contributed by atoms with Crippen LogP contribution in [0.4, 0.5) is 0 Å². The maximum absolute atomic E-state index is 5.21. The largest absolute Gasteiger partial charge is 0.472 e. The lowest BCUT2D eigenvalue weighted by Gasteiger charge is -2.18. The average molecular weight is 252 g/mol. The van der Waals surface area contributed by atoms with E-state index in [2.05, 4.69) is 35.4 Å². The van der Waals surface area contributed by atoms with Gasteiger partial charge in [0, 0.05) is 23.3 Å². The zero-order valence-corrected chi connectivity index (χ0v) is 10.8. The predicted octanol–water partition coefficient (Wildman–Crippen LogP) is 3.53. The molecule has 1 unspecified atom stereocenters. The highest BCUT2D eigenvalue weighted by atomic mass is 16.3. The molecule has 0 saturated heterocycles. The Morgan fingerprint density at radius 3 is 2.89 bits per heavy atom. The van der Waals surface area contributed by atoms with Crippen LogP contribution in [0.1, 0.15) is 24.1 Å². The van der Waals surface area contributed by atoms with E-state index in [9.17, 15) is 0 Å². The van der Waals surface area contributed by atoms with Crippen molar-refractivity contribution in [3.8, 4) is 0 Å². The number of nitrogens with one attached hydrogen (secondary N) is 1. The number of nitrogens with zero attached hydrogens (tertiary/aromatic N) is 1. The van der Waals surface area contributed by atoms with Gasteiger partial charge in [-0.3, -0.25) is 4.98 Å². The lowest BCUT2D eigenvalue weighted by molar-refractivity contribution is 0.553. The summed E-state index contributed by atoms with van der Waals surface area (Å²) in [6.45, 7) is 2.99. The maximum Gasteiger partial charge on any atom is 0.0953 e. The molecule has 2 aromatic heterocycles. The van der Waals surface area contributed by atoms with Crippen LogP contribution in [0, 0.1) is 0 Å². The third-order valence-electron chi connectivity index (χ3n) is 3.29. The molecule has 0 fully saturated rings. The van der Waals surface area contributed by atoms with Gasteiger partial charge in [0.2, 0.25) is 0 Å². The van der Waals surface area contributed by atoms with Crippen LogP contribution in [-0.4, -0.2) is 11.5 Å². The highest BCUT2D eigenvalue weighted by molar-refractivity contribution is 5.85. The minimum atomic E-state index is 0.113. The second-order valence-electron chi connectivity index (χ2n) is 4.50. The Labute approximate surface area is 112 Å². The first-order chi connectivity index (χ1) is 9.40. The number of pyridine rings is 1. The standard InChI is InChI=1S/C16H16N2O/c1-2-18-16(13-7-8-19-11-13)15-10-17-9-12-5-3-4-6-14(12)15/h3-11,16,18H,2H2,1H3. The van der Waals surface area contributed by atoms with Crippen molar-refractivity contribution in [2.24, 2.45) is 0 Å². The first-order valence-corrected chi connectivity index (χ1v) is 6.48. The van der Waals surface area contributed by atoms with Crippen LogP contribution in [0.25, 0.3) is 10.8 Å². The first-order valence-electron chi connectivity index (χ1n) is 6.48. The van der Waals surface area contributed by atoms with Crippen LogP contribution in [0.5, 0.6) is 0 Å². The van der Waals surface area contributed by atoms with E-state index in [-0.39, 0.29) is 6.04 Å². The first kappa shape index (κ1) is 11.9. The molecule has 96 valence electrons. The number of fused-ring (bicyclic) bond motifs is 1. The summed E-state index contributed by atoms with van der Waals surface area (Å²) >= 11 is 0. The van der Waals surface area contributed by atoms with Crippen molar-refractivity contribution in [1.82, 2.24) is 10.3 Å². The summed E-state index contributed by atoms with van der Waals surface area (Å²) < 4.78 is 5.21. The summed E-state index contributed by atoms with van der Waals surface area (Å²) in [5.74, 6) is 0. The minimum Gasteiger partial charge on any atom is -0.472 e. The molecule has 3 rings (SSSR count). The minimum absolute atomic E-state index is 0.113. The van der Waals surface area contributed by atoms with Crippen molar-refractivity contribution in [2.75, 3.05) is 6.54 Å². The van der Waals surface area contributed by atoms with Gasteiger partial charge in [0.25, 0.3) is 0 Å². The van der Waals surface area contributed by atoms with Crippen LogP contribution in [-0.2, 0) is 0 Å². The Hall–Kier alpha value is -2.13. The molecule has 3 nitrogen and oxygen atoms in total. The van der Waals surface area contributed by atoms with Gasteiger partial charge in [0.05, 0.1) is 18.6 Å². The molecule has 0 aliphatic rings. The molecule has 19 heavy (non-hydrogen) atoms. The van der Waals surface area contributed by atoms with Crippen molar-refractivity contribution in [3.05, 3.63) is 66.4 Å². The molecular formula is C16H16N2O. The van der Waals surface area contributed by atoms with Crippen LogP contribution in [0.3, 0.4) is 0 Å². The molecule has 2 heterocycles. The van der Waals surface area contributed by atoms with Gasteiger partial charge >= 0.3 is 0 Å². The fourth-order valence-electron chi connectivity index (χ4n) is 2.42. The third kappa shape index (κ3) is 2.25. The van der Waals surface area contributed by atoms with E-state index >= 15 is 0 Å². The summed E-state index contributed by atoms with van der Waals surface area (Å²) in [7, 11) is 0. The number of rotatable bonds is 4. The predicted molar refractivity (Wildman–Crippen MR) is 76.0 cm³/mol. The van der Waals surface area contributed by atoms with Gasteiger partial charge in [-0.05, 0) is 23.6 Å². The van der Waals surface area contributed by atoms with E-state index in [1.54, 1.807) is 12.5 Å². The fourth-order valence-corrected chi connectivity index (χ4v) is 2.42. The molecule has 0 bridgehead atoms. The number of furan rings is 1. The number of hydrogen-bond acceptors (Lipinski definition) is 3. The molecule has 3 aromatic rings. The molecule has 1 N–H and O–H groups in total. The maximum atomic E-state index is 5.21. The monoisotopic (exact) mass is 252 g/mol. The van der Waals surface area contributed by atoms with Crippen molar-refractivity contribution in [1.29, 1.82) is 0 Å². The van der Waals surface area contributed by atoms with Gasteiger partial charge in [-0.2, -0.15) is 0 Å². The number of aromatic nitrogens is 1. The molecular weight excluding hydrogens is 236 g/mol. The van der Waals surface area contributed by atoms with E-state index in [4.69, 9.17) is 4.42 Å². The van der Waals surface area contributed by atoms with Crippen LogP contribution >= 0.6 is 0 Å². The quantitative estimate of drug-likeness (QED) is 0.772. The fraction of sp³-hybridized carbons (Fsp3) is 0.188. The van der Waals surface area contributed by atoms with Gasteiger partial charge in [-0.1, -0.05) is 31.2 Å². The topological polar surface area (TPSA) is 38.1 Å². The average Bonchev–Trinajstić information content (AvgIpc) is 2.98. The second-order valence-corrected chi connectivity index (χ2v) is 4.50. The van der Waals surface area contributed by atoms with Crippen LogP contribution in [0.2, 0.25) is 0 Å². The van der Waals surface area contributed by atoms with Crippen LogP contribution in [0.15, 0.2) is 59.7 Å². The molecule has 0 aliphatic carbocycles. The van der Waals surface area contributed by atoms with Crippen LogP contribution < -0.4 is 5.32 Å². The summed E-state index contributed by atoms with van der Waals surface area (Å²) in [6.07, 6.45) is 7.33.